The Labute approximate surface area is 92.4 Å². The first-order valence-corrected chi connectivity index (χ1v) is 5.69. The number of hydrogen-bond donors (Lipinski definition) is 1. The molecule has 0 spiro atoms. The quantitative estimate of drug-likeness (QED) is 0.724. The number of amides is 1. The molecule has 84 valence electrons. The molecule has 1 unspecified atom stereocenters. The number of halogens is 1. The second kappa shape index (κ2) is 5.59. The number of carbonyl (C=O) groups is 1. The summed E-state index contributed by atoms with van der Waals surface area (Å²) in [5.41, 5.74) is -0.320. The van der Waals surface area contributed by atoms with Gasteiger partial charge in [-0.05, 0) is 12.3 Å². The second-order valence-corrected chi connectivity index (χ2v) is 5.43. The van der Waals surface area contributed by atoms with Crippen molar-refractivity contribution in [2.75, 3.05) is 5.88 Å². The van der Waals surface area contributed by atoms with E-state index in [-0.39, 0.29) is 17.4 Å². The van der Waals surface area contributed by atoms with Crippen LogP contribution in [0.5, 0.6) is 0 Å². The SMILES string of the molecule is CC(C)C(CCCl)NC(=O)C(C)(C)C. The Morgan fingerprint density at radius 3 is 2.14 bits per heavy atom. The summed E-state index contributed by atoms with van der Waals surface area (Å²) < 4.78 is 0. The van der Waals surface area contributed by atoms with Gasteiger partial charge in [0.25, 0.3) is 0 Å². The Kier molecular flexibility index (Phi) is 5.50. The Bertz CT molecular complexity index is 184. The number of hydrogen-bond acceptors (Lipinski definition) is 1. The van der Waals surface area contributed by atoms with Gasteiger partial charge >= 0.3 is 0 Å². The van der Waals surface area contributed by atoms with Crippen LogP contribution in [-0.2, 0) is 4.79 Å². The number of alkyl halides is 1. The molecule has 14 heavy (non-hydrogen) atoms. The highest BCUT2D eigenvalue weighted by atomic mass is 35.5. The molecule has 0 saturated carbocycles. The molecule has 0 bridgehead atoms. The predicted molar refractivity (Wildman–Crippen MR) is 61.6 cm³/mol. The highest BCUT2D eigenvalue weighted by molar-refractivity contribution is 6.17. The smallest absolute Gasteiger partial charge is 0.225 e. The molecule has 0 heterocycles. The van der Waals surface area contributed by atoms with Crippen LogP contribution >= 0.6 is 11.6 Å². The van der Waals surface area contributed by atoms with Crippen molar-refractivity contribution in [3.05, 3.63) is 0 Å². The molecule has 0 aromatic carbocycles. The van der Waals surface area contributed by atoms with Crippen molar-refractivity contribution < 1.29 is 4.79 Å². The zero-order valence-electron chi connectivity index (χ0n) is 9.86. The molecule has 0 saturated heterocycles. The maximum Gasteiger partial charge on any atom is 0.225 e. The first kappa shape index (κ1) is 13.8. The van der Waals surface area contributed by atoms with Crippen molar-refractivity contribution in [2.45, 2.75) is 47.1 Å². The van der Waals surface area contributed by atoms with Crippen molar-refractivity contribution >= 4 is 17.5 Å². The predicted octanol–water partition coefficient (Wildman–Crippen LogP) is 2.80. The summed E-state index contributed by atoms with van der Waals surface area (Å²) in [4.78, 5) is 11.7. The van der Waals surface area contributed by atoms with E-state index in [1.807, 2.05) is 20.8 Å². The van der Waals surface area contributed by atoms with E-state index in [1.54, 1.807) is 0 Å². The van der Waals surface area contributed by atoms with Crippen LogP contribution in [-0.4, -0.2) is 17.8 Å². The minimum Gasteiger partial charge on any atom is -0.353 e. The Balaban J connectivity index is 4.24. The lowest BCUT2D eigenvalue weighted by molar-refractivity contribution is -0.129. The van der Waals surface area contributed by atoms with E-state index in [9.17, 15) is 4.79 Å². The van der Waals surface area contributed by atoms with Crippen molar-refractivity contribution in [1.82, 2.24) is 5.32 Å². The van der Waals surface area contributed by atoms with E-state index in [4.69, 9.17) is 11.6 Å². The van der Waals surface area contributed by atoms with E-state index in [0.717, 1.165) is 6.42 Å². The third-order valence-corrected chi connectivity index (χ3v) is 2.44. The van der Waals surface area contributed by atoms with Crippen LogP contribution in [0.25, 0.3) is 0 Å². The van der Waals surface area contributed by atoms with Gasteiger partial charge in [-0.1, -0.05) is 34.6 Å². The highest BCUT2D eigenvalue weighted by Crippen LogP contribution is 2.15. The molecule has 2 nitrogen and oxygen atoms in total. The first-order chi connectivity index (χ1) is 6.29. The summed E-state index contributed by atoms with van der Waals surface area (Å²) in [6.07, 6.45) is 0.834. The molecule has 0 aromatic heterocycles. The Morgan fingerprint density at radius 1 is 1.36 bits per heavy atom. The summed E-state index contributed by atoms with van der Waals surface area (Å²) in [5.74, 6) is 1.12. The highest BCUT2D eigenvalue weighted by Gasteiger charge is 2.24. The first-order valence-electron chi connectivity index (χ1n) is 5.16. The molecular weight excluding hydrogens is 198 g/mol. The summed E-state index contributed by atoms with van der Waals surface area (Å²) >= 11 is 5.69. The minimum absolute atomic E-state index is 0.0984. The van der Waals surface area contributed by atoms with Gasteiger partial charge in [0.2, 0.25) is 5.91 Å². The summed E-state index contributed by atoms with van der Waals surface area (Å²) in [5, 5.41) is 3.03. The lowest BCUT2D eigenvalue weighted by atomic mass is 9.93. The van der Waals surface area contributed by atoms with Gasteiger partial charge in [-0.15, -0.1) is 11.6 Å². The molecule has 0 aliphatic carbocycles. The molecule has 0 aliphatic heterocycles. The maximum absolute atomic E-state index is 11.7. The average molecular weight is 220 g/mol. The van der Waals surface area contributed by atoms with E-state index in [0.29, 0.717) is 11.8 Å². The fraction of sp³-hybridized carbons (Fsp3) is 0.909. The molecule has 0 fully saturated rings. The van der Waals surface area contributed by atoms with Gasteiger partial charge in [-0.3, -0.25) is 4.79 Å². The van der Waals surface area contributed by atoms with Crippen LogP contribution in [0, 0.1) is 11.3 Å². The monoisotopic (exact) mass is 219 g/mol. The molecule has 1 N–H and O–H groups in total. The standard InChI is InChI=1S/C11H22ClNO/c1-8(2)9(6-7-12)13-10(14)11(3,4)5/h8-9H,6-7H2,1-5H3,(H,13,14). The zero-order valence-corrected chi connectivity index (χ0v) is 10.6. The van der Waals surface area contributed by atoms with Crippen molar-refractivity contribution in [3.63, 3.8) is 0 Å². The summed E-state index contributed by atoms with van der Waals surface area (Å²) in [7, 11) is 0. The molecule has 1 amide bonds. The third kappa shape index (κ3) is 4.85. The maximum atomic E-state index is 11.7. The van der Waals surface area contributed by atoms with Gasteiger partial charge in [-0.25, -0.2) is 0 Å². The fourth-order valence-corrected chi connectivity index (χ4v) is 1.31. The van der Waals surface area contributed by atoms with Gasteiger partial charge in [0.05, 0.1) is 0 Å². The average Bonchev–Trinajstić information content (AvgIpc) is 2.01. The van der Waals surface area contributed by atoms with Crippen LogP contribution in [0.4, 0.5) is 0 Å². The second-order valence-electron chi connectivity index (χ2n) is 5.05. The van der Waals surface area contributed by atoms with Gasteiger partial charge in [-0.2, -0.15) is 0 Å². The van der Waals surface area contributed by atoms with E-state index >= 15 is 0 Å². The molecular formula is C11H22ClNO. The number of rotatable bonds is 4. The molecule has 0 aliphatic rings. The zero-order chi connectivity index (χ0) is 11.4. The largest absolute Gasteiger partial charge is 0.353 e. The van der Waals surface area contributed by atoms with Crippen LogP contribution in [0.3, 0.4) is 0 Å². The van der Waals surface area contributed by atoms with Crippen molar-refractivity contribution in [3.8, 4) is 0 Å². The summed E-state index contributed by atoms with van der Waals surface area (Å²) in [6, 6.07) is 0.194. The molecule has 0 radical (unpaired) electrons. The van der Waals surface area contributed by atoms with Crippen molar-refractivity contribution in [2.24, 2.45) is 11.3 Å². The molecule has 1 atom stereocenters. The van der Waals surface area contributed by atoms with Crippen LogP contribution in [0.1, 0.15) is 41.0 Å². The lowest BCUT2D eigenvalue weighted by Gasteiger charge is -2.26. The Morgan fingerprint density at radius 2 is 1.86 bits per heavy atom. The number of nitrogens with one attached hydrogen (secondary N) is 1. The third-order valence-electron chi connectivity index (χ3n) is 2.22. The fourth-order valence-electron chi connectivity index (χ4n) is 1.07. The minimum atomic E-state index is -0.320. The normalized spacial score (nSPS) is 14.2. The van der Waals surface area contributed by atoms with Gasteiger partial charge in [0, 0.05) is 17.3 Å². The van der Waals surface area contributed by atoms with Crippen molar-refractivity contribution in [1.29, 1.82) is 0 Å². The van der Waals surface area contributed by atoms with Gasteiger partial charge in [0.15, 0.2) is 0 Å². The van der Waals surface area contributed by atoms with E-state index < -0.39 is 0 Å². The van der Waals surface area contributed by atoms with Gasteiger partial charge in [0.1, 0.15) is 0 Å². The van der Waals surface area contributed by atoms with E-state index in [2.05, 4.69) is 19.2 Å². The summed E-state index contributed by atoms with van der Waals surface area (Å²) in [6.45, 7) is 9.95. The van der Waals surface area contributed by atoms with Crippen LogP contribution in [0.15, 0.2) is 0 Å². The van der Waals surface area contributed by atoms with Crippen LogP contribution < -0.4 is 5.32 Å². The van der Waals surface area contributed by atoms with Gasteiger partial charge < -0.3 is 5.32 Å². The topological polar surface area (TPSA) is 29.1 Å². The molecule has 0 rings (SSSR count). The molecule has 3 heteroatoms. The lowest BCUT2D eigenvalue weighted by Crippen LogP contribution is -2.44. The Hall–Kier alpha value is -0.240. The van der Waals surface area contributed by atoms with E-state index in [1.165, 1.54) is 0 Å². The van der Waals surface area contributed by atoms with Crippen LogP contribution in [0.2, 0.25) is 0 Å². The molecule has 0 aromatic rings. The number of carbonyl (C=O) groups excluding carboxylic acids is 1.